The van der Waals surface area contributed by atoms with Gasteiger partial charge in [0.25, 0.3) is 0 Å². The molecule has 3 rings (SSSR count). The maximum absolute atomic E-state index is 8.91. The van der Waals surface area contributed by atoms with E-state index in [2.05, 4.69) is 18.2 Å². The molecule has 0 bridgehead atoms. The number of nitrogens with zero attached hydrogens (tertiary/aromatic N) is 1. The first-order valence-corrected chi connectivity index (χ1v) is 6.84. The van der Waals surface area contributed by atoms with Crippen LogP contribution in [0.3, 0.4) is 0 Å². The summed E-state index contributed by atoms with van der Waals surface area (Å²) in [5.74, 6) is 1.81. The van der Waals surface area contributed by atoms with Crippen LogP contribution in [0, 0.1) is 11.3 Å². The predicted molar refractivity (Wildman–Crippen MR) is 81.3 cm³/mol. The van der Waals surface area contributed by atoms with Gasteiger partial charge in [-0.25, -0.2) is 0 Å². The lowest BCUT2D eigenvalue weighted by Gasteiger charge is -2.02. The van der Waals surface area contributed by atoms with Crippen LogP contribution in [0.5, 0.6) is 5.75 Å². The number of aryl methyl sites for hydroxylation is 2. The summed E-state index contributed by atoms with van der Waals surface area (Å²) in [6.45, 7) is 0. The summed E-state index contributed by atoms with van der Waals surface area (Å²) in [7, 11) is 1.67. The molecular formula is C18H15NO2. The Hall–Kier alpha value is -2.73. The highest BCUT2D eigenvalue weighted by Gasteiger charge is 2.05. The molecule has 0 N–H and O–H groups in total. The molecule has 0 spiro atoms. The molecule has 0 atom stereocenters. The van der Waals surface area contributed by atoms with Gasteiger partial charge in [-0.2, -0.15) is 5.26 Å². The molecule has 0 aliphatic rings. The number of nitriles is 1. The van der Waals surface area contributed by atoms with Crippen molar-refractivity contribution in [2.45, 2.75) is 12.8 Å². The fourth-order valence-corrected chi connectivity index (χ4v) is 2.35. The number of ether oxygens (including phenoxy) is 1. The first kappa shape index (κ1) is 13.3. The third-order valence-corrected chi connectivity index (χ3v) is 3.52. The Morgan fingerprint density at radius 2 is 1.86 bits per heavy atom. The highest BCUT2D eigenvalue weighted by molar-refractivity contribution is 5.79. The summed E-state index contributed by atoms with van der Waals surface area (Å²) >= 11 is 0. The van der Waals surface area contributed by atoms with Gasteiger partial charge in [-0.3, -0.25) is 0 Å². The van der Waals surface area contributed by atoms with Gasteiger partial charge in [0, 0.05) is 11.8 Å². The number of furan rings is 1. The Bertz CT molecular complexity index is 794. The number of hydrogen-bond acceptors (Lipinski definition) is 3. The van der Waals surface area contributed by atoms with E-state index in [1.807, 2.05) is 30.3 Å². The van der Waals surface area contributed by atoms with Crippen molar-refractivity contribution in [3.8, 4) is 11.8 Å². The average molecular weight is 277 g/mol. The van der Waals surface area contributed by atoms with E-state index < -0.39 is 0 Å². The van der Waals surface area contributed by atoms with E-state index in [1.54, 1.807) is 13.2 Å². The molecule has 2 aromatic carbocycles. The van der Waals surface area contributed by atoms with Crippen LogP contribution in [0.4, 0.5) is 0 Å². The fraction of sp³-hybridized carbons (Fsp3) is 0.167. The number of fused-ring (bicyclic) bond motifs is 1. The van der Waals surface area contributed by atoms with Crippen molar-refractivity contribution < 1.29 is 9.15 Å². The van der Waals surface area contributed by atoms with Crippen molar-refractivity contribution in [2.75, 3.05) is 7.11 Å². The van der Waals surface area contributed by atoms with E-state index in [0.717, 1.165) is 35.3 Å². The molecule has 0 aliphatic carbocycles. The molecule has 3 nitrogen and oxygen atoms in total. The van der Waals surface area contributed by atoms with Crippen LogP contribution in [-0.4, -0.2) is 7.11 Å². The normalized spacial score (nSPS) is 10.5. The quantitative estimate of drug-likeness (QED) is 0.721. The smallest absolute Gasteiger partial charge is 0.134 e. The lowest BCUT2D eigenvalue weighted by atomic mass is 10.1. The maximum Gasteiger partial charge on any atom is 0.134 e. The molecule has 21 heavy (non-hydrogen) atoms. The van der Waals surface area contributed by atoms with Crippen LogP contribution in [0.15, 0.2) is 52.9 Å². The Morgan fingerprint density at radius 1 is 1.05 bits per heavy atom. The van der Waals surface area contributed by atoms with Crippen LogP contribution in [0.25, 0.3) is 11.0 Å². The van der Waals surface area contributed by atoms with Crippen LogP contribution in [0.2, 0.25) is 0 Å². The molecule has 0 unspecified atom stereocenters. The van der Waals surface area contributed by atoms with Crippen molar-refractivity contribution in [1.29, 1.82) is 5.26 Å². The van der Waals surface area contributed by atoms with Crippen molar-refractivity contribution in [3.05, 3.63) is 65.4 Å². The second kappa shape index (κ2) is 5.72. The minimum atomic E-state index is 0.657. The van der Waals surface area contributed by atoms with Gasteiger partial charge >= 0.3 is 0 Å². The van der Waals surface area contributed by atoms with Gasteiger partial charge < -0.3 is 9.15 Å². The molecule has 3 aromatic rings. The standard InChI is InChI=1S/C18H15NO2/c1-20-16-6-2-13(3-7-16)4-8-17-11-15-10-14(12-19)5-9-18(15)21-17/h2-3,5-7,9-11H,4,8H2,1H3. The summed E-state index contributed by atoms with van der Waals surface area (Å²) in [5.41, 5.74) is 2.73. The Labute approximate surface area is 123 Å². The van der Waals surface area contributed by atoms with E-state index in [0.29, 0.717) is 5.56 Å². The number of methoxy groups -OCH3 is 1. The Kier molecular flexibility index (Phi) is 3.61. The topological polar surface area (TPSA) is 46.2 Å². The van der Waals surface area contributed by atoms with E-state index in [4.69, 9.17) is 14.4 Å². The molecule has 0 fully saturated rings. The van der Waals surface area contributed by atoms with Gasteiger partial charge in [0.15, 0.2) is 0 Å². The second-order valence-corrected chi connectivity index (χ2v) is 4.93. The van der Waals surface area contributed by atoms with Gasteiger partial charge in [0.2, 0.25) is 0 Å². The largest absolute Gasteiger partial charge is 0.497 e. The first-order chi connectivity index (χ1) is 10.3. The Morgan fingerprint density at radius 3 is 2.57 bits per heavy atom. The van der Waals surface area contributed by atoms with E-state index in [1.165, 1.54) is 5.56 Å². The number of benzene rings is 2. The fourth-order valence-electron chi connectivity index (χ4n) is 2.35. The zero-order chi connectivity index (χ0) is 14.7. The molecular weight excluding hydrogens is 262 g/mol. The molecule has 0 aliphatic heterocycles. The van der Waals surface area contributed by atoms with Gasteiger partial charge in [-0.05, 0) is 48.4 Å². The zero-order valence-electron chi connectivity index (χ0n) is 11.8. The molecule has 104 valence electrons. The van der Waals surface area contributed by atoms with Crippen molar-refractivity contribution in [1.82, 2.24) is 0 Å². The van der Waals surface area contributed by atoms with Crippen molar-refractivity contribution in [3.63, 3.8) is 0 Å². The van der Waals surface area contributed by atoms with E-state index in [-0.39, 0.29) is 0 Å². The van der Waals surface area contributed by atoms with Crippen molar-refractivity contribution >= 4 is 11.0 Å². The minimum absolute atomic E-state index is 0.657. The molecule has 1 aromatic heterocycles. The van der Waals surface area contributed by atoms with Crippen molar-refractivity contribution in [2.24, 2.45) is 0 Å². The third kappa shape index (κ3) is 2.90. The molecule has 0 amide bonds. The number of rotatable bonds is 4. The average Bonchev–Trinajstić information content (AvgIpc) is 2.95. The van der Waals surface area contributed by atoms with Crippen LogP contribution in [0.1, 0.15) is 16.9 Å². The minimum Gasteiger partial charge on any atom is -0.497 e. The zero-order valence-corrected chi connectivity index (χ0v) is 11.8. The van der Waals surface area contributed by atoms with Gasteiger partial charge in [0.1, 0.15) is 17.1 Å². The van der Waals surface area contributed by atoms with Gasteiger partial charge in [-0.15, -0.1) is 0 Å². The molecule has 3 heteroatoms. The summed E-state index contributed by atoms with van der Waals surface area (Å²) in [6.07, 6.45) is 1.75. The predicted octanol–water partition coefficient (Wildman–Crippen LogP) is 4.10. The Balaban J connectivity index is 1.74. The van der Waals surface area contributed by atoms with Crippen LogP contribution < -0.4 is 4.74 Å². The lowest BCUT2D eigenvalue weighted by Crippen LogP contribution is -1.90. The summed E-state index contributed by atoms with van der Waals surface area (Å²) in [6, 6.07) is 17.7. The molecule has 0 saturated carbocycles. The number of hydrogen-bond donors (Lipinski definition) is 0. The van der Waals surface area contributed by atoms with Crippen LogP contribution in [-0.2, 0) is 12.8 Å². The summed E-state index contributed by atoms with van der Waals surface area (Å²) in [4.78, 5) is 0. The van der Waals surface area contributed by atoms with E-state index >= 15 is 0 Å². The summed E-state index contributed by atoms with van der Waals surface area (Å²) in [5, 5.41) is 9.89. The SMILES string of the molecule is COc1ccc(CCc2cc3cc(C#N)ccc3o2)cc1. The summed E-state index contributed by atoms with van der Waals surface area (Å²) < 4.78 is 10.9. The third-order valence-electron chi connectivity index (χ3n) is 3.52. The highest BCUT2D eigenvalue weighted by Crippen LogP contribution is 2.22. The van der Waals surface area contributed by atoms with Gasteiger partial charge in [0.05, 0.1) is 18.7 Å². The van der Waals surface area contributed by atoms with E-state index in [9.17, 15) is 0 Å². The first-order valence-electron chi connectivity index (χ1n) is 6.84. The molecule has 0 saturated heterocycles. The maximum atomic E-state index is 8.91. The molecule has 0 radical (unpaired) electrons. The second-order valence-electron chi connectivity index (χ2n) is 4.93. The lowest BCUT2D eigenvalue weighted by molar-refractivity contribution is 0.414. The monoisotopic (exact) mass is 277 g/mol. The highest BCUT2D eigenvalue weighted by atomic mass is 16.5. The van der Waals surface area contributed by atoms with Crippen LogP contribution >= 0.6 is 0 Å². The molecule has 1 heterocycles. The van der Waals surface area contributed by atoms with Gasteiger partial charge in [-0.1, -0.05) is 12.1 Å².